The van der Waals surface area contributed by atoms with Crippen molar-refractivity contribution in [1.29, 1.82) is 0 Å². The molecule has 0 aliphatic carbocycles. The molecule has 0 aromatic rings. The number of nitrogens with one attached hydrogen (secondary N) is 2. The maximum atomic E-state index is 10.7. The zero-order chi connectivity index (χ0) is 9.23. The van der Waals surface area contributed by atoms with Crippen molar-refractivity contribution in [3.8, 4) is 0 Å². The maximum absolute atomic E-state index is 10.7. The van der Waals surface area contributed by atoms with Gasteiger partial charge in [0, 0.05) is 0 Å². The summed E-state index contributed by atoms with van der Waals surface area (Å²) in [6, 6.07) is 0. The van der Waals surface area contributed by atoms with E-state index in [9.17, 15) is 9.59 Å². The van der Waals surface area contributed by atoms with Gasteiger partial charge >= 0.3 is 0 Å². The van der Waals surface area contributed by atoms with Crippen molar-refractivity contribution in [3.63, 3.8) is 0 Å². The number of hydrogen-bond donors (Lipinski definition) is 2. The predicted molar refractivity (Wildman–Crippen MR) is 43.1 cm³/mol. The minimum atomic E-state index is -0.349. The Morgan fingerprint density at radius 2 is 2.33 bits per heavy atom. The van der Waals surface area contributed by atoms with Gasteiger partial charge in [0.25, 0.3) is 5.91 Å². The van der Waals surface area contributed by atoms with E-state index in [1.54, 1.807) is 0 Å². The lowest BCUT2D eigenvalue weighted by atomic mass is 10.4. The maximum Gasteiger partial charge on any atom is 0.262 e. The summed E-state index contributed by atoms with van der Waals surface area (Å²) in [4.78, 5) is 25.2. The lowest BCUT2D eigenvalue weighted by Crippen LogP contribution is -2.33. The van der Waals surface area contributed by atoms with Crippen molar-refractivity contribution in [2.75, 3.05) is 13.2 Å². The zero-order valence-corrected chi connectivity index (χ0v) is 7.13. The highest BCUT2D eigenvalue weighted by Gasteiger charge is 1.97. The molecule has 0 aromatic heterocycles. The molecule has 2 N–H and O–H groups in total. The molecule has 0 atom stereocenters. The molecule has 0 radical (unpaired) electrons. The average Bonchev–Trinajstić information content (AvgIpc) is 2.09. The largest absolute Gasteiger partial charge is 0.350 e. The molecule has 0 rings (SSSR count). The molecule has 70 valence electrons. The van der Waals surface area contributed by atoms with Gasteiger partial charge in [-0.3, -0.25) is 14.4 Å². The second-order valence-electron chi connectivity index (χ2n) is 2.23. The van der Waals surface area contributed by atoms with E-state index in [1.807, 2.05) is 6.92 Å². The Bertz CT molecular complexity index is 139. The van der Waals surface area contributed by atoms with Gasteiger partial charge < -0.3 is 5.32 Å². The molecular formula is C7H14N2O3. The first kappa shape index (κ1) is 10.9. The van der Waals surface area contributed by atoms with Gasteiger partial charge in [0.1, 0.15) is 0 Å². The second kappa shape index (κ2) is 8.00. The molecule has 0 aliphatic rings. The Hall–Kier alpha value is -1.10. The highest BCUT2D eigenvalue weighted by Crippen LogP contribution is 1.84. The van der Waals surface area contributed by atoms with E-state index in [4.69, 9.17) is 4.84 Å². The van der Waals surface area contributed by atoms with Crippen molar-refractivity contribution in [2.45, 2.75) is 19.8 Å². The fraction of sp³-hybridized carbons (Fsp3) is 0.714. The lowest BCUT2D eigenvalue weighted by molar-refractivity contribution is -0.133. The highest BCUT2D eigenvalue weighted by atomic mass is 16.6. The lowest BCUT2D eigenvalue weighted by Gasteiger charge is -2.03. The van der Waals surface area contributed by atoms with Gasteiger partial charge in [0.15, 0.2) is 0 Å². The molecule has 12 heavy (non-hydrogen) atoms. The van der Waals surface area contributed by atoms with E-state index in [2.05, 4.69) is 10.8 Å². The van der Waals surface area contributed by atoms with Gasteiger partial charge in [-0.25, -0.2) is 5.48 Å². The molecule has 0 fully saturated rings. The first-order valence-electron chi connectivity index (χ1n) is 3.89. The van der Waals surface area contributed by atoms with Crippen LogP contribution in [0.25, 0.3) is 0 Å². The Labute approximate surface area is 71.4 Å². The Morgan fingerprint density at radius 3 is 2.92 bits per heavy atom. The summed E-state index contributed by atoms with van der Waals surface area (Å²) in [7, 11) is 0. The minimum Gasteiger partial charge on any atom is -0.350 e. The van der Waals surface area contributed by atoms with Gasteiger partial charge in [-0.15, -0.1) is 0 Å². The molecule has 2 amide bonds. The SMILES string of the molecule is CCCCONC(=O)CNC=O. The van der Waals surface area contributed by atoms with Crippen LogP contribution in [-0.4, -0.2) is 25.5 Å². The molecular weight excluding hydrogens is 160 g/mol. The van der Waals surface area contributed by atoms with E-state index in [1.165, 1.54) is 0 Å². The average molecular weight is 174 g/mol. The molecule has 5 heteroatoms. The third kappa shape index (κ3) is 7.01. The van der Waals surface area contributed by atoms with Crippen LogP contribution >= 0.6 is 0 Å². The van der Waals surface area contributed by atoms with Gasteiger partial charge in [-0.1, -0.05) is 13.3 Å². The molecule has 0 spiro atoms. The fourth-order valence-corrected chi connectivity index (χ4v) is 0.518. The number of rotatable bonds is 7. The number of hydrogen-bond acceptors (Lipinski definition) is 3. The normalized spacial score (nSPS) is 9.08. The van der Waals surface area contributed by atoms with Crippen LogP contribution in [0.3, 0.4) is 0 Å². The van der Waals surface area contributed by atoms with Crippen LogP contribution in [0.2, 0.25) is 0 Å². The summed E-state index contributed by atoms with van der Waals surface area (Å²) in [6.45, 7) is 2.48. The van der Waals surface area contributed by atoms with E-state index < -0.39 is 0 Å². The fourth-order valence-electron chi connectivity index (χ4n) is 0.518. The van der Waals surface area contributed by atoms with Crippen LogP contribution in [0.1, 0.15) is 19.8 Å². The summed E-state index contributed by atoms with van der Waals surface area (Å²) >= 11 is 0. The van der Waals surface area contributed by atoms with Crippen molar-refractivity contribution in [2.24, 2.45) is 0 Å². The molecule has 0 aliphatic heterocycles. The van der Waals surface area contributed by atoms with Crippen LogP contribution < -0.4 is 10.8 Å². The van der Waals surface area contributed by atoms with Crippen LogP contribution in [0, 0.1) is 0 Å². The minimum absolute atomic E-state index is 0.0460. The summed E-state index contributed by atoms with van der Waals surface area (Å²) in [6.07, 6.45) is 2.38. The van der Waals surface area contributed by atoms with Crippen molar-refractivity contribution >= 4 is 12.3 Å². The van der Waals surface area contributed by atoms with E-state index in [-0.39, 0.29) is 12.5 Å². The van der Waals surface area contributed by atoms with Gasteiger partial charge in [0.2, 0.25) is 6.41 Å². The number of amides is 2. The Balaban J connectivity index is 3.13. The van der Waals surface area contributed by atoms with Crippen molar-refractivity contribution in [3.05, 3.63) is 0 Å². The van der Waals surface area contributed by atoms with Crippen molar-refractivity contribution in [1.82, 2.24) is 10.8 Å². The topological polar surface area (TPSA) is 67.4 Å². The van der Waals surface area contributed by atoms with E-state index >= 15 is 0 Å². The highest BCUT2D eigenvalue weighted by molar-refractivity contribution is 5.78. The number of unbranched alkanes of at least 4 members (excludes halogenated alkanes) is 1. The molecule has 0 bridgehead atoms. The quantitative estimate of drug-likeness (QED) is 0.313. The number of carbonyl (C=O) groups excluding carboxylic acids is 2. The summed E-state index contributed by atoms with van der Waals surface area (Å²) in [5.41, 5.74) is 2.19. The smallest absolute Gasteiger partial charge is 0.262 e. The number of hydroxylamine groups is 1. The van der Waals surface area contributed by atoms with Crippen molar-refractivity contribution < 1.29 is 14.4 Å². The van der Waals surface area contributed by atoms with Gasteiger partial charge in [-0.2, -0.15) is 0 Å². The third-order valence-electron chi connectivity index (χ3n) is 1.13. The van der Waals surface area contributed by atoms with Gasteiger partial charge in [-0.05, 0) is 6.42 Å². The molecule has 0 aromatic carbocycles. The summed E-state index contributed by atoms with van der Waals surface area (Å²) in [5.74, 6) is -0.349. The van der Waals surface area contributed by atoms with Gasteiger partial charge in [0.05, 0.1) is 13.2 Å². The van der Waals surface area contributed by atoms with E-state index in [0.29, 0.717) is 13.0 Å². The first-order valence-corrected chi connectivity index (χ1v) is 3.89. The van der Waals surface area contributed by atoms with Crippen LogP contribution in [0.4, 0.5) is 0 Å². The monoisotopic (exact) mass is 174 g/mol. The van der Waals surface area contributed by atoms with Crippen LogP contribution in [-0.2, 0) is 14.4 Å². The Morgan fingerprint density at radius 1 is 1.58 bits per heavy atom. The molecule has 5 nitrogen and oxygen atoms in total. The molecule has 0 heterocycles. The second-order valence-corrected chi connectivity index (χ2v) is 2.23. The standard InChI is InChI=1S/C7H14N2O3/c1-2-3-4-12-9-7(11)5-8-6-10/h6H,2-5H2,1H3,(H,8,10)(H,9,11). The first-order chi connectivity index (χ1) is 5.81. The third-order valence-corrected chi connectivity index (χ3v) is 1.13. The van der Waals surface area contributed by atoms with Crippen LogP contribution in [0.15, 0.2) is 0 Å². The molecule has 0 unspecified atom stereocenters. The zero-order valence-electron chi connectivity index (χ0n) is 7.13. The Kier molecular flexibility index (Phi) is 7.27. The predicted octanol–water partition coefficient (Wildman–Crippen LogP) is -0.420. The molecule has 0 saturated heterocycles. The number of carbonyl (C=O) groups is 2. The summed E-state index contributed by atoms with van der Waals surface area (Å²) < 4.78 is 0. The van der Waals surface area contributed by atoms with E-state index in [0.717, 1.165) is 12.8 Å². The summed E-state index contributed by atoms with van der Waals surface area (Å²) in [5, 5.41) is 2.22. The molecule has 0 saturated carbocycles. The van der Waals surface area contributed by atoms with Crippen LogP contribution in [0.5, 0.6) is 0 Å².